The predicted molar refractivity (Wildman–Crippen MR) is 108 cm³/mol. The molecular weight excluding hydrogens is 467 g/mol. The fraction of sp³-hybridized carbons (Fsp3) is 0.300. The highest BCUT2D eigenvalue weighted by Crippen LogP contribution is 2.51. The van der Waals surface area contributed by atoms with E-state index in [9.17, 15) is 26.7 Å². The van der Waals surface area contributed by atoms with Gasteiger partial charge in [0.2, 0.25) is 5.88 Å². The summed E-state index contributed by atoms with van der Waals surface area (Å²) in [4.78, 5) is 8.55. The minimum atomic E-state index is -5.90. The number of hydrogen-bond donors (Lipinski definition) is 2. The van der Waals surface area contributed by atoms with Gasteiger partial charge in [0.25, 0.3) is 6.02 Å². The third-order valence-electron chi connectivity index (χ3n) is 4.63. The molecule has 1 aromatic carbocycles. The molecule has 1 aromatic heterocycles. The summed E-state index contributed by atoms with van der Waals surface area (Å²) in [5, 5.41) is 9.85. The van der Waals surface area contributed by atoms with Crippen LogP contribution in [0.5, 0.6) is 17.4 Å². The highest BCUT2D eigenvalue weighted by atomic mass is 32.2. The number of amidine groups is 1. The van der Waals surface area contributed by atoms with Crippen molar-refractivity contribution in [3.05, 3.63) is 47.2 Å². The van der Waals surface area contributed by atoms with Crippen LogP contribution in [0, 0.1) is 11.8 Å². The lowest BCUT2D eigenvalue weighted by Crippen LogP contribution is -2.32. The first-order valence-electron chi connectivity index (χ1n) is 9.28. The summed E-state index contributed by atoms with van der Waals surface area (Å²) in [5.41, 5.74) is -1.69. The number of aliphatic imine (C=N–C) groups is 1. The maximum absolute atomic E-state index is 12.8. The van der Waals surface area contributed by atoms with E-state index in [1.165, 1.54) is 26.1 Å². The van der Waals surface area contributed by atoms with Crippen molar-refractivity contribution in [2.45, 2.75) is 30.5 Å². The third-order valence-corrected chi connectivity index (χ3v) is 5.61. The van der Waals surface area contributed by atoms with Crippen molar-refractivity contribution in [3.63, 3.8) is 0 Å². The van der Waals surface area contributed by atoms with E-state index in [1.807, 2.05) is 0 Å². The molecule has 13 heteroatoms. The first-order valence-corrected chi connectivity index (χ1v) is 10.7. The van der Waals surface area contributed by atoms with Gasteiger partial charge in [-0.05, 0) is 38.1 Å². The van der Waals surface area contributed by atoms with E-state index in [-0.39, 0.29) is 29.8 Å². The second-order valence-electron chi connectivity index (χ2n) is 7.73. The van der Waals surface area contributed by atoms with E-state index in [2.05, 4.69) is 26.0 Å². The van der Waals surface area contributed by atoms with Crippen LogP contribution in [0.25, 0.3) is 0 Å². The van der Waals surface area contributed by atoms with Crippen molar-refractivity contribution < 1.29 is 40.4 Å². The number of rotatable bonds is 2. The molecule has 4 rings (SSSR count). The lowest BCUT2D eigenvalue weighted by atomic mass is 9.82. The average molecular weight is 483 g/mol. The topological polar surface area (TPSA) is 133 Å². The number of ether oxygens (including phenoxy) is 2. The maximum Gasteiger partial charge on any atom is 0.534 e. The van der Waals surface area contributed by atoms with E-state index < -0.39 is 32.5 Å². The molecule has 33 heavy (non-hydrogen) atoms. The molecule has 2 aliphatic rings. The molecular formula is C20H16F3N3O6S. The van der Waals surface area contributed by atoms with Gasteiger partial charge in [-0.1, -0.05) is 11.8 Å². The highest BCUT2D eigenvalue weighted by Gasteiger charge is 2.50. The number of pyridine rings is 1. The van der Waals surface area contributed by atoms with Crippen molar-refractivity contribution in [1.82, 2.24) is 4.98 Å². The Bertz CT molecular complexity index is 1340. The Morgan fingerprint density at radius 2 is 1.97 bits per heavy atom. The quantitative estimate of drug-likeness (QED) is 0.377. The number of nitrogens with two attached hydrogens (primary N) is 1. The molecule has 0 bridgehead atoms. The van der Waals surface area contributed by atoms with Crippen LogP contribution in [0.1, 0.15) is 30.5 Å². The van der Waals surface area contributed by atoms with E-state index in [4.69, 9.17) is 15.2 Å². The van der Waals surface area contributed by atoms with Crippen LogP contribution in [-0.4, -0.2) is 42.2 Å². The van der Waals surface area contributed by atoms with E-state index >= 15 is 0 Å². The van der Waals surface area contributed by atoms with Crippen LogP contribution in [0.3, 0.4) is 0 Å². The first kappa shape index (κ1) is 22.7. The zero-order chi connectivity index (χ0) is 24.2. The third kappa shape index (κ3) is 4.14. The molecule has 9 nitrogen and oxygen atoms in total. The van der Waals surface area contributed by atoms with Crippen molar-refractivity contribution in [1.29, 1.82) is 0 Å². The van der Waals surface area contributed by atoms with Crippen molar-refractivity contribution in [2.75, 3.05) is 6.61 Å². The lowest BCUT2D eigenvalue weighted by Gasteiger charge is -2.32. The number of fused-ring (bicyclic) bond motifs is 4. The van der Waals surface area contributed by atoms with Crippen LogP contribution in [-0.2, 0) is 20.4 Å². The smallest absolute Gasteiger partial charge is 0.462 e. The summed E-state index contributed by atoms with van der Waals surface area (Å²) < 4.78 is 76.6. The van der Waals surface area contributed by atoms with Crippen LogP contribution in [0.4, 0.5) is 13.2 Å². The lowest BCUT2D eigenvalue weighted by molar-refractivity contribution is -0.0500. The summed E-state index contributed by atoms with van der Waals surface area (Å²) in [6, 6.07) is 4.66. The summed E-state index contributed by atoms with van der Waals surface area (Å²) >= 11 is 0. The number of halogens is 3. The van der Waals surface area contributed by atoms with Crippen LogP contribution in [0.2, 0.25) is 0 Å². The van der Waals surface area contributed by atoms with Gasteiger partial charge in [0.1, 0.15) is 23.7 Å². The molecule has 0 saturated heterocycles. The Morgan fingerprint density at radius 3 is 2.58 bits per heavy atom. The molecule has 0 unspecified atom stereocenters. The number of benzene rings is 1. The second-order valence-corrected chi connectivity index (χ2v) is 9.27. The molecule has 3 heterocycles. The fourth-order valence-corrected chi connectivity index (χ4v) is 3.68. The molecule has 0 radical (unpaired) electrons. The minimum Gasteiger partial charge on any atom is -0.462 e. The number of hydrogen-bond acceptors (Lipinski definition) is 9. The largest absolute Gasteiger partial charge is 0.534 e. The zero-order valence-corrected chi connectivity index (χ0v) is 17.9. The monoisotopic (exact) mass is 483 g/mol. The van der Waals surface area contributed by atoms with Gasteiger partial charge in [-0.15, -0.1) is 0 Å². The highest BCUT2D eigenvalue weighted by molar-refractivity contribution is 7.88. The molecule has 3 N–H and O–H groups in total. The fourth-order valence-electron chi connectivity index (χ4n) is 3.23. The molecule has 2 aromatic rings. The average Bonchev–Trinajstić information content (AvgIpc) is 3.08. The second kappa shape index (κ2) is 7.26. The van der Waals surface area contributed by atoms with Gasteiger partial charge in [-0.25, -0.2) is 9.98 Å². The van der Waals surface area contributed by atoms with Crippen LogP contribution in [0.15, 0.2) is 35.5 Å². The van der Waals surface area contributed by atoms with Crippen molar-refractivity contribution in [3.8, 4) is 29.2 Å². The molecule has 0 fully saturated rings. The molecule has 0 amide bonds. The van der Waals surface area contributed by atoms with Gasteiger partial charge in [-0.3, -0.25) is 0 Å². The molecule has 1 spiro atoms. The summed E-state index contributed by atoms with van der Waals surface area (Å²) in [6.07, 6.45) is 1.41. The molecule has 174 valence electrons. The van der Waals surface area contributed by atoms with Gasteiger partial charge in [0.05, 0.1) is 5.56 Å². The van der Waals surface area contributed by atoms with Gasteiger partial charge in [-0.2, -0.15) is 21.6 Å². The van der Waals surface area contributed by atoms with Gasteiger partial charge >= 0.3 is 15.6 Å². The van der Waals surface area contributed by atoms with E-state index in [1.54, 1.807) is 6.07 Å². The van der Waals surface area contributed by atoms with Crippen LogP contribution < -0.4 is 14.7 Å². The minimum absolute atomic E-state index is 0.120. The van der Waals surface area contributed by atoms with Crippen LogP contribution >= 0.6 is 0 Å². The molecule has 0 aliphatic carbocycles. The van der Waals surface area contributed by atoms with Gasteiger partial charge < -0.3 is 24.5 Å². The van der Waals surface area contributed by atoms with Crippen molar-refractivity contribution >= 4 is 16.1 Å². The summed E-state index contributed by atoms with van der Waals surface area (Å²) in [6.45, 7) is 2.83. The maximum atomic E-state index is 12.8. The Balaban J connectivity index is 1.85. The predicted octanol–water partition coefficient (Wildman–Crippen LogP) is 2.13. The number of aliphatic hydroxyl groups is 1. The standard InChI is InChI=1S/C20H16F3N3O6S/c1-18(2,27)6-5-11-7-14-16(25-9-11)31-15-4-3-12(32-33(28,29)20(21,22)23)8-13(15)19(14)10-30-17(24)26-19/h3-4,7-9,27H,10H2,1-2H3,(H2,24,26)/t19-/m0/s1. The Morgan fingerprint density at radius 1 is 1.24 bits per heavy atom. The zero-order valence-electron chi connectivity index (χ0n) is 17.1. The van der Waals surface area contributed by atoms with Gasteiger partial charge in [0.15, 0.2) is 5.54 Å². The number of nitrogens with zero attached hydrogens (tertiary/aromatic N) is 2. The van der Waals surface area contributed by atoms with E-state index in [0.29, 0.717) is 11.1 Å². The number of aromatic nitrogens is 1. The Kier molecular flexibility index (Phi) is 4.99. The summed E-state index contributed by atoms with van der Waals surface area (Å²) in [7, 11) is -5.90. The Labute approximate surface area is 186 Å². The molecule has 2 aliphatic heterocycles. The summed E-state index contributed by atoms with van der Waals surface area (Å²) in [5.74, 6) is 5.06. The number of alkyl halides is 3. The van der Waals surface area contributed by atoms with Crippen molar-refractivity contribution in [2.24, 2.45) is 10.7 Å². The first-order chi connectivity index (χ1) is 15.2. The molecule has 0 saturated carbocycles. The SMILES string of the molecule is CC(C)(O)C#Cc1cnc2c(c1)[C@]1(COC(N)=N1)c1cc(OS(=O)(=O)C(F)(F)F)ccc1O2. The normalized spacial score (nSPS) is 19.4. The molecule has 1 atom stereocenters. The van der Waals surface area contributed by atoms with E-state index in [0.717, 1.165) is 12.1 Å². The Hall–Kier alpha value is -3.50. The van der Waals surface area contributed by atoms with Gasteiger partial charge in [0, 0.05) is 17.3 Å².